The van der Waals surface area contributed by atoms with E-state index < -0.39 is 5.97 Å². The summed E-state index contributed by atoms with van der Waals surface area (Å²) in [6, 6.07) is 3.10. The van der Waals surface area contributed by atoms with Gasteiger partial charge in [-0.25, -0.2) is 4.79 Å². The molecule has 0 radical (unpaired) electrons. The molecule has 1 rings (SSSR count). The van der Waals surface area contributed by atoms with Crippen LogP contribution in [-0.4, -0.2) is 18.2 Å². The minimum atomic E-state index is -0.988. The molecule has 0 aliphatic heterocycles. The standard InChI is InChI=1S/C8H6Br2O3/c1-13-7-2-4(8(11)12)5(9)3-6(7)10/h2-3H,1H3,(H,11,12). The Balaban J connectivity index is 3.30. The Labute approximate surface area is 92.0 Å². The van der Waals surface area contributed by atoms with Crippen LogP contribution < -0.4 is 4.74 Å². The van der Waals surface area contributed by atoms with Crippen LogP contribution in [0.1, 0.15) is 10.4 Å². The van der Waals surface area contributed by atoms with Gasteiger partial charge in [-0.15, -0.1) is 0 Å². The van der Waals surface area contributed by atoms with Crippen molar-refractivity contribution in [2.24, 2.45) is 0 Å². The molecular formula is C8H6Br2O3. The number of benzene rings is 1. The zero-order valence-electron chi connectivity index (χ0n) is 6.67. The summed E-state index contributed by atoms with van der Waals surface area (Å²) >= 11 is 6.39. The molecule has 0 aromatic heterocycles. The van der Waals surface area contributed by atoms with Crippen molar-refractivity contribution >= 4 is 37.8 Å². The van der Waals surface area contributed by atoms with Crippen LogP contribution in [0.15, 0.2) is 21.1 Å². The second-order valence-corrected chi connectivity index (χ2v) is 3.98. The third-order valence-electron chi connectivity index (χ3n) is 1.47. The molecule has 5 heteroatoms. The van der Waals surface area contributed by atoms with Crippen molar-refractivity contribution in [3.8, 4) is 5.75 Å². The Hall–Kier alpha value is -0.550. The van der Waals surface area contributed by atoms with Gasteiger partial charge in [-0.05, 0) is 44.0 Å². The van der Waals surface area contributed by atoms with Crippen molar-refractivity contribution in [1.29, 1.82) is 0 Å². The fraction of sp³-hybridized carbons (Fsp3) is 0.125. The van der Waals surface area contributed by atoms with E-state index in [-0.39, 0.29) is 5.56 Å². The van der Waals surface area contributed by atoms with E-state index in [2.05, 4.69) is 31.9 Å². The van der Waals surface area contributed by atoms with Gasteiger partial charge in [0.05, 0.1) is 17.1 Å². The summed E-state index contributed by atoms with van der Waals surface area (Å²) in [7, 11) is 1.49. The van der Waals surface area contributed by atoms with Crippen LogP contribution in [0, 0.1) is 0 Å². The molecule has 1 aromatic rings. The van der Waals surface area contributed by atoms with Crippen molar-refractivity contribution in [2.45, 2.75) is 0 Å². The van der Waals surface area contributed by atoms with E-state index in [4.69, 9.17) is 9.84 Å². The Morgan fingerprint density at radius 2 is 2.00 bits per heavy atom. The normalized spacial score (nSPS) is 9.77. The van der Waals surface area contributed by atoms with Crippen molar-refractivity contribution in [3.63, 3.8) is 0 Å². The van der Waals surface area contributed by atoms with Gasteiger partial charge in [0.25, 0.3) is 0 Å². The zero-order chi connectivity index (χ0) is 10.0. The number of hydrogen-bond donors (Lipinski definition) is 1. The number of carboxylic acid groups (broad SMARTS) is 1. The topological polar surface area (TPSA) is 46.5 Å². The van der Waals surface area contributed by atoms with Crippen LogP contribution in [-0.2, 0) is 0 Å². The molecule has 0 amide bonds. The zero-order valence-corrected chi connectivity index (χ0v) is 9.85. The highest BCUT2D eigenvalue weighted by molar-refractivity contribution is 9.11. The number of hydrogen-bond acceptors (Lipinski definition) is 2. The van der Waals surface area contributed by atoms with Gasteiger partial charge in [0.2, 0.25) is 0 Å². The monoisotopic (exact) mass is 308 g/mol. The van der Waals surface area contributed by atoms with Crippen LogP contribution in [0.2, 0.25) is 0 Å². The van der Waals surface area contributed by atoms with Crippen molar-refractivity contribution < 1.29 is 14.6 Å². The van der Waals surface area contributed by atoms with E-state index in [1.807, 2.05) is 0 Å². The van der Waals surface area contributed by atoms with Gasteiger partial charge in [0.1, 0.15) is 5.75 Å². The molecule has 3 nitrogen and oxygen atoms in total. The van der Waals surface area contributed by atoms with Gasteiger partial charge < -0.3 is 9.84 Å². The van der Waals surface area contributed by atoms with Gasteiger partial charge in [-0.2, -0.15) is 0 Å². The first-order valence-electron chi connectivity index (χ1n) is 3.32. The molecule has 70 valence electrons. The Morgan fingerprint density at radius 1 is 1.38 bits per heavy atom. The highest BCUT2D eigenvalue weighted by Crippen LogP contribution is 2.31. The predicted molar refractivity (Wildman–Crippen MR) is 55.4 cm³/mol. The molecule has 0 aliphatic carbocycles. The summed E-state index contributed by atoms with van der Waals surface area (Å²) in [5, 5.41) is 8.78. The Morgan fingerprint density at radius 3 is 2.46 bits per heavy atom. The number of rotatable bonds is 2. The molecule has 0 saturated heterocycles. The summed E-state index contributed by atoms with van der Waals surface area (Å²) in [6.45, 7) is 0. The maximum Gasteiger partial charge on any atom is 0.336 e. The molecular weight excluding hydrogens is 304 g/mol. The minimum Gasteiger partial charge on any atom is -0.496 e. The third-order valence-corrected chi connectivity index (χ3v) is 2.75. The van der Waals surface area contributed by atoms with Crippen LogP contribution in [0.4, 0.5) is 0 Å². The van der Waals surface area contributed by atoms with Gasteiger partial charge in [0.15, 0.2) is 0 Å². The maximum atomic E-state index is 10.7. The largest absolute Gasteiger partial charge is 0.496 e. The fourth-order valence-corrected chi connectivity index (χ4v) is 2.17. The lowest BCUT2D eigenvalue weighted by Crippen LogP contribution is -1.98. The van der Waals surface area contributed by atoms with Crippen molar-refractivity contribution in [1.82, 2.24) is 0 Å². The number of halogens is 2. The SMILES string of the molecule is COc1cc(C(=O)O)c(Br)cc1Br. The van der Waals surface area contributed by atoms with Crippen molar-refractivity contribution in [2.75, 3.05) is 7.11 Å². The molecule has 0 unspecified atom stereocenters. The number of aromatic carboxylic acids is 1. The molecule has 0 aliphatic rings. The molecule has 0 bridgehead atoms. The van der Waals surface area contributed by atoms with E-state index >= 15 is 0 Å². The number of methoxy groups -OCH3 is 1. The smallest absolute Gasteiger partial charge is 0.336 e. The minimum absolute atomic E-state index is 0.181. The third kappa shape index (κ3) is 2.22. The lowest BCUT2D eigenvalue weighted by molar-refractivity contribution is 0.0695. The second-order valence-electron chi connectivity index (χ2n) is 2.27. The van der Waals surface area contributed by atoms with Crippen molar-refractivity contribution in [3.05, 3.63) is 26.6 Å². The van der Waals surface area contributed by atoms with E-state index in [0.717, 1.165) is 0 Å². The number of carboxylic acids is 1. The van der Waals surface area contributed by atoms with Gasteiger partial charge >= 0.3 is 5.97 Å². The molecule has 1 N–H and O–H groups in total. The molecule has 0 heterocycles. The lowest BCUT2D eigenvalue weighted by atomic mass is 10.2. The first-order valence-corrected chi connectivity index (χ1v) is 4.91. The molecule has 1 aromatic carbocycles. The summed E-state index contributed by atoms with van der Waals surface area (Å²) in [5.74, 6) is -0.488. The van der Waals surface area contributed by atoms with E-state index in [1.54, 1.807) is 6.07 Å². The average Bonchev–Trinajstić information content (AvgIpc) is 2.03. The first kappa shape index (κ1) is 10.5. The summed E-state index contributed by atoms with van der Waals surface area (Å²) < 4.78 is 6.20. The second kappa shape index (κ2) is 4.11. The van der Waals surface area contributed by atoms with Crippen LogP contribution in [0.3, 0.4) is 0 Å². The quantitative estimate of drug-likeness (QED) is 0.913. The molecule has 13 heavy (non-hydrogen) atoms. The molecule has 0 atom stereocenters. The first-order chi connectivity index (χ1) is 6.06. The van der Waals surface area contributed by atoms with E-state index in [1.165, 1.54) is 13.2 Å². The highest BCUT2D eigenvalue weighted by Gasteiger charge is 2.12. The summed E-state index contributed by atoms with van der Waals surface area (Å²) in [4.78, 5) is 10.7. The summed E-state index contributed by atoms with van der Waals surface area (Å²) in [5.41, 5.74) is 0.181. The maximum absolute atomic E-state index is 10.7. The van der Waals surface area contributed by atoms with Gasteiger partial charge in [-0.3, -0.25) is 0 Å². The number of ether oxygens (including phenoxy) is 1. The summed E-state index contributed by atoms with van der Waals surface area (Å²) in [6.07, 6.45) is 0. The predicted octanol–water partition coefficient (Wildman–Crippen LogP) is 2.92. The lowest BCUT2D eigenvalue weighted by Gasteiger charge is -2.05. The van der Waals surface area contributed by atoms with E-state index in [9.17, 15) is 4.79 Å². The molecule has 0 fully saturated rings. The van der Waals surface area contributed by atoms with Crippen LogP contribution in [0.5, 0.6) is 5.75 Å². The fourth-order valence-electron chi connectivity index (χ4n) is 0.849. The molecule has 0 spiro atoms. The number of carbonyl (C=O) groups is 1. The van der Waals surface area contributed by atoms with E-state index in [0.29, 0.717) is 14.7 Å². The Kier molecular flexibility index (Phi) is 3.33. The van der Waals surface area contributed by atoms with Gasteiger partial charge in [-0.1, -0.05) is 0 Å². The highest BCUT2D eigenvalue weighted by atomic mass is 79.9. The van der Waals surface area contributed by atoms with Crippen LogP contribution >= 0.6 is 31.9 Å². The Bertz CT molecular complexity index is 349. The van der Waals surface area contributed by atoms with Crippen LogP contribution in [0.25, 0.3) is 0 Å². The van der Waals surface area contributed by atoms with Gasteiger partial charge in [0, 0.05) is 4.47 Å². The average molecular weight is 310 g/mol. The molecule has 0 saturated carbocycles.